The lowest BCUT2D eigenvalue weighted by molar-refractivity contribution is 0.0692. The van der Waals surface area contributed by atoms with Gasteiger partial charge in [-0.05, 0) is 13.0 Å². The largest absolute Gasteiger partial charge is 0.478 e. The minimum absolute atomic E-state index is 0.337. The van der Waals surface area contributed by atoms with Crippen LogP contribution in [0.15, 0.2) is 12.1 Å². The summed E-state index contributed by atoms with van der Waals surface area (Å²) in [6, 6.07) is -0.396. The van der Waals surface area contributed by atoms with Crippen molar-refractivity contribution in [2.24, 2.45) is 0 Å². The van der Waals surface area contributed by atoms with Crippen molar-refractivity contribution in [1.29, 1.82) is 0 Å². The zero-order valence-corrected chi connectivity index (χ0v) is 8.68. The van der Waals surface area contributed by atoms with Gasteiger partial charge >= 0.3 is 5.97 Å². The first-order chi connectivity index (χ1) is 7.82. The van der Waals surface area contributed by atoms with Gasteiger partial charge in [-0.2, -0.15) is 0 Å². The second-order valence-corrected chi connectivity index (χ2v) is 3.38. The third-order valence-corrected chi connectivity index (χ3v) is 2.05. The van der Waals surface area contributed by atoms with Crippen molar-refractivity contribution in [2.45, 2.75) is 19.4 Å². The summed E-state index contributed by atoms with van der Waals surface area (Å²) in [6.45, 7) is 1.09. The maximum absolute atomic E-state index is 13.2. The van der Waals surface area contributed by atoms with Crippen molar-refractivity contribution in [1.82, 2.24) is 0 Å². The first-order valence-corrected chi connectivity index (χ1v) is 4.60. The predicted molar refractivity (Wildman–Crippen MR) is 52.4 cm³/mol. The number of alkyl halides is 2. The number of carboxylic acids is 1. The number of rotatable bonds is 4. The minimum Gasteiger partial charge on any atom is -0.478 e. The molecule has 0 radical (unpaired) electrons. The summed E-state index contributed by atoms with van der Waals surface area (Å²) in [7, 11) is 0. The Morgan fingerprint density at radius 1 is 1.29 bits per heavy atom. The number of hydrogen-bond acceptors (Lipinski definition) is 2. The number of carbonyl (C=O) groups is 1. The Hall–Kier alpha value is -1.79. The van der Waals surface area contributed by atoms with Gasteiger partial charge < -0.3 is 10.4 Å². The molecule has 0 aliphatic heterocycles. The molecule has 0 heterocycles. The van der Waals surface area contributed by atoms with Crippen LogP contribution in [0.4, 0.5) is 23.2 Å². The van der Waals surface area contributed by atoms with Gasteiger partial charge in [0.05, 0.1) is 17.3 Å². The summed E-state index contributed by atoms with van der Waals surface area (Å²) >= 11 is 0. The van der Waals surface area contributed by atoms with E-state index in [4.69, 9.17) is 5.11 Å². The van der Waals surface area contributed by atoms with Crippen LogP contribution in [0.1, 0.15) is 17.3 Å². The van der Waals surface area contributed by atoms with Crippen LogP contribution in [0, 0.1) is 11.6 Å². The average molecular weight is 251 g/mol. The van der Waals surface area contributed by atoms with Gasteiger partial charge in [0.1, 0.15) is 11.6 Å². The van der Waals surface area contributed by atoms with Crippen LogP contribution in [-0.4, -0.2) is 23.5 Å². The Labute approximate surface area is 94.1 Å². The van der Waals surface area contributed by atoms with E-state index in [0.29, 0.717) is 12.1 Å². The third-order valence-electron chi connectivity index (χ3n) is 2.05. The highest BCUT2D eigenvalue weighted by Gasteiger charge is 2.19. The maximum atomic E-state index is 13.2. The third kappa shape index (κ3) is 3.08. The molecule has 1 rings (SSSR count). The van der Waals surface area contributed by atoms with Crippen molar-refractivity contribution >= 4 is 11.7 Å². The van der Waals surface area contributed by atoms with E-state index in [-0.39, 0.29) is 0 Å². The first-order valence-electron chi connectivity index (χ1n) is 4.60. The molecule has 1 atom stereocenters. The Kier molecular flexibility index (Phi) is 3.93. The van der Waals surface area contributed by atoms with Crippen molar-refractivity contribution in [3.8, 4) is 0 Å². The Morgan fingerprint density at radius 3 is 2.35 bits per heavy atom. The van der Waals surface area contributed by atoms with Crippen LogP contribution in [0.5, 0.6) is 0 Å². The van der Waals surface area contributed by atoms with E-state index in [2.05, 4.69) is 5.32 Å². The SMILES string of the molecule is CC(Nc1cc(C(=O)O)c(F)cc1F)C(F)F. The first kappa shape index (κ1) is 13.3. The molecule has 0 aromatic heterocycles. The van der Waals surface area contributed by atoms with Gasteiger partial charge in [-0.1, -0.05) is 0 Å². The fraction of sp³-hybridized carbons (Fsp3) is 0.300. The monoisotopic (exact) mass is 251 g/mol. The van der Waals surface area contributed by atoms with Crippen molar-refractivity contribution in [2.75, 3.05) is 5.32 Å². The summed E-state index contributed by atoms with van der Waals surface area (Å²) in [4.78, 5) is 10.6. The zero-order chi connectivity index (χ0) is 13.2. The number of carboxylic acid groups (broad SMARTS) is 1. The fourth-order valence-corrected chi connectivity index (χ4v) is 1.13. The quantitative estimate of drug-likeness (QED) is 0.809. The highest BCUT2D eigenvalue weighted by molar-refractivity contribution is 5.89. The Balaban J connectivity index is 3.08. The van der Waals surface area contributed by atoms with Crippen molar-refractivity contribution < 1.29 is 27.5 Å². The summed E-state index contributed by atoms with van der Waals surface area (Å²) < 4.78 is 50.6. The summed E-state index contributed by atoms with van der Waals surface area (Å²) in [5, 5.41) is 10.7. The van der Waals surface area contributed by atoms with Gasteiger partial charge in [0.2, 0.25) is 0 Å². The lowest BCUT2D eigenvalue weighted by Crippen LogP contribution is -2.24. The van der Waals surface area contributed by atoms with Crippen molar-refractivity contribution in [3.63, 3.8) is 0 Å². The van der Waals surface area contributed by atoms with E-state index in [0.717, 1.165) is 6.92 Å². The smallest absolute Gasteiger partial charge is 0.338 e. The van der Waals surface area contributed by atoms with Crippen LogP contribution >= 0.6 is 0 Å². The fourth-order valence-electron chi connectivity index (χ4n) is 1.13. The second-order valence-electron chi connectivity index (χ2n) is 3.38. The summed E-state index contributed by atoms with van der Waals surface area (Å²) in [5.74, 6) is -3.99. The second kappa shape index (κ2) is 5.03. The van der Waals surface area contributed by atoms with E-state index in [1.165, 1.54) is 0 Å². The van der Waals surface area contributed by atoms with Crippen molar-refractivity contribution in [3.05, 3.63) is 29.3 Å². The molecule has 0 saturated heterocycles. The number of benzene rings is 1. The standard InChI is InChI=1S/C10H9F4NO2/c1-4(9(13)14)15-8-2-5(10(16)17)6(11)3-7(8)12/h2-4,9,15H,1H3,(H,16,17). The Bertz CT molecular complexity index is 437. The van der Waals surface area contributed by atoms with E-state index < -0.39 is 41.3 Å². The average Bonchev–Trinajstić information content (AvgIpc) is 2.21. The topological polar surface area (TPSA) is 49.3 Å². The summed E-state index contributed by atoms with van der Waals surface area (Å²) in [5.41, 5.74) is -1.26. The maximum Gasteiger partial charge on any atom is 0.338 e. The molecular weight excluding hydrogens is 242 g/mol. The molecule has 1 aromatic rings. The highest BCUT2D eigenvalue weighted by atomic mass is 19.3. The zero-order valence-electron chi connectivity index (χ0n) is 8.68. The van der Waals surface area contributed by atoms with E-state index in [9.17, 15) is 22.4 Å². The number of halogens is 4. The number of anilines is 1. The van der Waals surface area contributed by atoms with Crippen LogP contribution in [0.2, 0.25) is 0 Å². The van der Waals surface area contributed by atoms with Gasteiger partial charge in [-0.15, -0.1) is 0 Å². The summed E-state index contributed by atoms with van der Waals surface area (Å²) in [6.07, 6.45) is -2.76. The molecule has 94 valence electrons. The van der Waals surface area contributed by atoms with E-state index in [1.54, 1.807) is 0 Å². The number of nitrogens with one attached hydrogen (secondary N) is 1. The van der Waals surface area contributed by atoms with Crippen LogP contribution < -0.4 is 5.32 Å². The van der Waals surface area contributed by atoms with E-state index >= 15 is 0 Å². The molecule has 1 aromatic carbocycles. The van der Waals surface area contributed by atoms with Gasteiger partial charge in [-0.25, -0.2) is 22.4 Å². The predicted octanol–water partition coefficient (Wildman–Crippen LogP) is 2.73. The molecule has 0 bridgehead atoms. The van der Waals surface area contributed by atoms with Gasteiger partial charge in [-0.3, -0.25) is 0 Å². The molecule has 7 heteroatoms. The normalized spacial score (nSPS) is 12.6. The molecule has 17 heavy (non-hydrogen) atoms. The Morgan fingerprint density at radius 2 is 1.88 bits per heavy atom. The molecule has 0 fully saturated rings. The van der Waals surface area contributed by atoms with Crippen LogP contribution in [-0.2, 0) is 0 Å². The van der Waals surface area contributed by atoms with Gasteiger partial charge in [0.15, 0.2) is 0 Å². The molecule has 0 spiro atoms. The highest BCUT2D eigenvalue weighted by Crippen LogP contribution is 2.21. The molecule has 0 amide bonds. The number of aromatic carboxylic acids is 1. The van der Waals surface area contributed by atoms with Gasteiger partial charge in [0, 0.05) is 6.07 Å². The molecular formula is C10H9F4NO2. The minimum atomic E-state index is -2.76. The number of hydrogen-bond donors (Lipinski definition) is 2. The molecule has 0 aliphatic carbocycles. The van der Waals surface area contributed by atoms with Gasteiger partial charge in [0.25, 0.3) is 6.43 Å². The van der Waals surface area contributed by atoms with E-state index in [1.807, 2.05) is 0 Å². The molecule has 2 N–H and O–H groups in total. The molecule has 0 aliphatic rings. The molecule has 0 saturated carbocycles. The lowest BCUT2D eigenvalue weighted by Gasteiger charge is -2.15. The van der Waals surface area contributed by atoms with Crippen LogP contribution in [0.3, 0.4) is 0 Å². The molecule has 3 nitrogen and oxygen atoms in total. The molecule has 1 unspecified atom stereocenters. The lowest BCUT2D eigenvalue weighted by atomic mass is 10.1. The van der Waals surface area contributed by atoms with Crippen LogP contribution in [0.25, 0.3) is 0 Å².